The quantitative estimate of drug-likeness (QED) is 0.638. The monoisotopic (exact) mass is 382 g/mol. The SMILES string of the molecule is Cc1cccc(C(C)C)c1NC(=O)c1cnc(Nc2c(F)cccc2F)nc1. The van der Waals surface area contributed by atoms with E-state index in [0.29, 0.717) is 0 Å². The van der Waals surface area contributed by atoms with Crippen LogP contribution in [0.5, 0.6) is 0 Å². The molecule has 0 bridgehead atoms. The van der Waals surface area contributed by atoms with Crippen molar-refractivity contribution in [2.24, 2.45) is 0 Å². The number of aromatic nitrogens is 2. The van der Waals surface area contributed by atoms with Gasteiger partial charge in [-0.15, -0.1) is 0 Å². The fourth-order valence-electron chi connectivity index (χ4n) is 2.77. The normalized spacial score (nSPS) is 10.8. The number of carbonyl (C=O) groups is 1. The van der Waals surface area contributed by atoms with Crippen molar-refractivity contribution < 1.29 is 13.6 Å². The number of rotatable bonds is 5. The first-order valence-corrected chi connectivity index (χ1v) is 8.80. The Morgan fingerprint density at radius 2 is 1.57 bits per heavy atom. The van der Waals surface area contributed by atoms with Crippen LogP contribution < -0.4 is 10.6 Å². The van der Waals surface area contributed by atoms with Crippen molar-refractivity contribution in [3.8, 4) is 0 Å². The average Bonchev–Trinajstić information content (AvgIpc) is 2.66. The van der Waals surface area contributed by atoms with E-state index in [-0.39, 0.29) is 29.0 Å². The third-order valence-electron chi connectivity index (χ3n) is 4.28. The molecule has 0 saturated heterocycles. The van der Waals surface area contributed by atoms with E-state index in [2.05, 4.69) is 34.4 Å². The second-order valence-electron chi connectivity index (χ2n) is 6.66. The molecule has 1 aromatic heterocycles. The summed E-state index contributed by atoms with van der Waals surface area (Å²) in [6, 6.07) is 9.37. The van der Waals surface area contributed by atoms with Crippen molar-refractivity contribution in [2.45, 2.75) is 26.7 Å². The molecule has 7 heteroatoms. The maximum Gasteiger partial charge on any atom is 0.258 e. The Labute approximate surface area is 161 Å². The van der Waals surface area contributed by atoms with Gasteiger partial charge in [0.2, 0.25) is 5.95 Å². The maximum absolute atomic E-state index is 13.7. The van der Waals surface area contributed by atoms with Gasteiger partial charge in [-0.1, -0.05) is 38.1 Å². The summed E-state index contributed by atoms with van der Waals surface area (Å²) >= 11 is 0. The van der Waals surface area contributed by atoms with Crippen molar-refractivity contribution in [3.63, 3.8) is 0 Å². The van der Waals surface area contributed by atoms with E-state index in [4.69, 9.17) is 0 Å². The van der Waals surface area contributed by atoms with Crippen molar-refractivity contribution in [1.29, 1.82) is 0 Å². The van der Waals surface area contributed by atoms with Gasteiger partial charge in [-0.25, -0.2) is 18.7 Å². The van der Waals surface area contributed by atoms with Gasteiger partial charge in [0.05, 0.1) is 5.56 Å². The molecular weight excluding hydrogens is 362 g/mol. The number of amides is 1. The summed E-state index contributed by atoms with van der Waals surface area (Å²) in [6.07, 6.45) is 2.60. The molecule has 0 fully saturated rings. The van der Waals surface area contributed by atoms with Gasteiger partial charge in [-0.3, -0.25) is 4.79 Å². The Morgan fingerprint density at radius 1 is 0.964 bits per heavy atom. The number of aryl methyl sites for hydroxylation is 1. The predicted octanol–water partition coefficient (Wildman–Crippen LogP) is 5.18. The van der Waals surface area contributed by atoms with Crippen LogP contribution in [0.1, 0.15) is 41.3 Å². The van der Waals surface area contributed by atoms with Gasteiger partial charge in [0.25, 0.3) is 5.91 Å². The Balaban J connectivity index is 1.78. The van der Waals surface area contributed by atoms with Crippen LogP contribution in [0.2, 0.25) is 0 Å². The van der Waals surface area contributed by atoms with E-state index in [1.54, 1.807) is 0 Å². The summed E-state index contributed by atoms with van der Waals surface area (Å²) in [7, 11) is 0. The molecule has 0 unspecified atom stereocenters. The molecule has 2 aromatic carbocycles. The van der Waals surface area contributed by atoms with Crippen LogP contribution in [-0.2, 0) is 0 Å². The van der Waals surface area contributed by atoms with Gasteiger partial charge in [-0.2, -0.15) is 0 Å². The summed E-state index contributed by atoms with van der Waals surface area (Å²) in [5.41, 5.74) is 2.63. The van der Waals surface area contributed by atoms with E-state index in [0.717, 1.165) is 28.9 Å². The van der Waals surface area contributed by atoms with Gasteiger partial charge in [0.15, 0.2) is 0 Å². The van der Waals surface area contributed by atoms with E-state index in [9.17, 15) is 13.6 Å². The highest BCUT2D eigenvalue weighted by Crippen LogP contribution is 2.28. The molecule has 0 aliphatic carbocycles. The molecule has 28 heavy (non-hydrogen) atoms. The maximum atomic E-state index is 13.7. The minimum atomic E-state index is -0.758. The Bertz CT molecular complexity index is 984. The summed E-state index contributed by atoms with van der Waals surface area (Å²) in [6.45, 7) is 6.03. The van der Waals surface area contributed by atoms with Crippen molar-refractivity contribution >= 4 is 23.2 Å². The highest BCUT2D eigenvalue weighted by molar-refractivity contribution is 6.04. The lowest BCUT2D eigenvalue weighted by molar-refractivity contribution is 0.102. The number of anilines is 3. The summed E-state index contributed by atoms with van der Waals surface area (Å²) in [5.74, 6) is -1.65. The first kappa shape index (κ1) is 19.4. The minimum Gasteiger partial charge on any atom is -0.321 e. The highest BCUT2D eigenvalue weighted by atomic mass is 19.1. The molecule has 1 heterocycles. The van der Waals surface area contributed by atoms with Gasteiger partial charge < -0.3 is 10.6 Å². The standard InChI is InChI=1S/C21H20F2N4O/c1-12(2)15-7-4-6-13(3)18(15)26-20(28)14-10-24-21(25-11-14)27-19-16(22)8-5-9-17(19)23/h4-12H,1-3H3,(H,26,28)(H,24,25,27). The largest absolute Gasteiger partial charge is 0.321 e. The van der Waals surface area contributed by atoms with Gasteiger partial charge >= 0.3 is 0 Å². The Morgan fingerprint density at radius 3 is 2.18 bits per heavy atom. The zero-order valence-corrected chi connectivity index (χ0v) is 15.8. The fraction of sp³-hybridized carbons (Fsp3) is 0.190. The van der Waals surface area contributed by atoms with Crippen LogP contribution in [0, 0.1) is 18.6 Å². The van der Waals surface area contributed by atoms with Crippen LogP contribution in [0.25, 0.3) is 0 Å². The lowest BCUT2D eigenvalue weighted by Crippen LogP contribution is -2.15. The number of nitrogens with one attached hydrogen (secondary N) is 2. The zero-order valence-electron chi connectivity index (χ0n) is 15.8. The van der Waals surface area contributed by atoms with Crippen LogP contribution >= 0.6 is 0 Å². The third-order valence-corrected chi connectivity index (χ3v) is 4.28. The number of halogens is 2. The second kappa shape index (κ2) is 8.12. The fourth-order valence-corrected chi connectivity index (χ4v) is 2.77. The number of benzene rings is 2. The van der Waals surface area contributed by atoms with E-state index < -0.39 is 11.6 Å². The molecule has 1 amide bonds. The molecule has 0 aliphatic rings. The molecule has 3 rings (SSSR count). The molecule has 0 aliphatic heterocycles. The smallest absolute Gasteiger partial charge is 0.258 e. The average molecular weight is 382 g/mol. The Kier molecular flexibility index (Phi) is 5.63. The number of hydrogen-bond donors (Lipinski definition) is 2. The molecule has 5 nitrogen and oxygen atoms in total. The molecule has 0 radical (unpaired) electrons. The van der Waals surface area contributed by atoms with Crippen molar-refractivity contribution in [1.82, 2.24) is 9.97 Å². The topological polar surface area (TPSA) is 66.9 Å². The molecule has 0 saturated carbocycles. The van der Waals surface area contributed by atoms with Gasteiger partial charge in [-0.05, 0) is 36.1 Å². The van der Waals surface area contributed by atoms with Crippen molar-refractivity contribution in [2.75, 3.05) is 10.6 Å². The zero-order chi connectivity index (χ0) is 20.3. The number of para-hydroxylation sites is 2. The van der Waals surface area contributed by atoms with E-state index in [1.165, 1.54) is 18.5 Å². The summed E-state index contributed by atoms with van der Waals surface area (Å²) in [4.78, 5) is 20.6. The molecule has 2 N–H and O–H groups in total. The van der Waals surface area contributed by atoms with Crippen LogP contribution in [-0.4, -0.2) is 15.9 Å². The second-order valence-corrected chi connectivity index (χ2v) is 6.66. The van der Waals surface area contributed by atoms with E-state index in [1.807, 2.05) is 25.1 Å². The van der Waals surface area contributed by atoms with Crippen LogP contribution in [0.3, 0.4) is 0 Å². The lowest BCUT2D eigenvalue weighted by Gasteiger charge is -2.16. The van der Waals surface area contributed by atoms with Crippen molar-refractivity contribution in [3.05, 3.63) is 77.1 Å². The number of hydrogen-bond acceptors (Lipinski definition) is 4. The van der Waals surface area contributed by atoms with E-state index >= 15 is 0 Å². The minimum absolute atomic E-state index is 0.0145. The Hall–Kier alpha value is -3.35. The highest BCUT2D eigenvalue weighted by Gasteiger charge is 2.15. The van der Waals surface area contributed by atoms with Gasteiger partial charge in [0, 0.05) is 18.1 Å². The van der Waals surface area contributed by atoms with Crippen LogP contribution in [0.15, 0.2) is 48.8 Å². The lowest BCUT2D eigenvalue weighted by atomic mass is 9.98. The molecule has 0 atom stereocenters. The number of nitrogens with zero attached hydrogens (tertiary/aromatic N) is 2. The summed E-state index contributed by atoms with van der Waals surface area (Å²) in [5, 5.41) is 5.39. The van der Waals surface area contributed by atoms with Crippen LogP contribution in [0.4, 0.5) is 26.1 Å². The predicted molar refractivity (Wildman–Crippen MR) is 105 cm³/mol. The third kappa shape index (κ3) is 4.14. The summed E-state index contributed by atoms with van der Waals surface area (Å²) < 4.78 is 27.4. The molecular formula is C21H20F2N4O. The first-order valence-electron chi connectivity index (χ1n) is 8.80. The van der Waals surface area contributed by atoms with Gasteiger partial charge in [0.1, 0.15) is 17.3 Å². The molecule has 0 spiro atoms. The molecule has 3 aromatic rings. The molecule has 144 valence electrons. The first-order chi connectivity index (χ1) is 13.4. The number of carbonyl (C=O) groups excluding carboxylic acids is 1.